The van der Waals surface area contributed by atoms with Crippen LogP contribution in [0.25, 0.3) is 22.3 Å². The van der Waals surface area contributed by atoms with Crippen LogP contribution in [0.15, 0.2) is 23.8 Å². The fraction of sp³-hybridized carbons (Fsp3) is 0.524. The lowest BCUT2D eigenvalue weighted by atomic mass is 10.1. The molecule has 2 aliphatic rings. The van der Waals surface area contributed by atoms with Crippen molar-refractivity contribution in [3.63, 3.8) is 0 Å². The van der Waals surface area contributed by atoms with Crippen LogP contribution in [0.1, 0.15) is 12.5 Å². The van der Waals surface area contributed by atoms with Crippen LogP contribution in [0.3, 0.4) is 0 Å². The lowest BCUT2D eigenvalue weighted by molar-refractivity contribution is -0.0647. The minimum absolute atomic E-state index is 0.00930. The number of aliphatic hydroxyl groups excluding tert-OH is 2. The second-order valence-electron chi connectivity index (χ2n) is 10.1. The molecule has 0 aromatic carbocycles. The highest BCUT2D eigenvalue weighted by Gasteiger charge is 2.52. The number of nitrogen functional groups attached to an aromatic ring is 2. The molecular weight excluding hydrogens is 665 g/mol. The highest BCUT2D eigenvalue weighted by Crippen LogP contribution is 2.50. The molecule has 4 aromatic rings. The second kappa shape index (κ2) is 12.5. The van der Waals surface area contributed by atoms with Crippen molar-refractivity contribution >= 4 is 49.9 Å². The standard InChI is InChI=1S/C21H25FN10O12P2/c22-9-13(40-6-45(36)37)8(43-19(9)31-4-27-10-15(23)25-3-26-16(10)31)2-41-46(38,39)44-14-12(34)7(1-33)42-20(14)32-5-28-11-17(32)29-21(24)30-18(11)35/h3-5,7-9,12-14,19-20,33-34H,1-2,6H2,(H6-,23,24,25,26,29,30,35,36,37,38,39)/p+1/t7-,8-,9+,12+,13+,14+,19-,20-/m1/s1. The summed E-state index contributed by atoms with van der Waals surface area (Å²) in [7, 11) is -8.05. The smallest absolute Gasteiger partial charge is 0.394 e. The number of nitrogens with two attached hydrogens (primary N) is 2. The molecule has 6 heterocycles. The van der Waals surface area contributed by atoms with Crippen LogP contribution in [-0.4, -0.2) is 115 Å². The molecule has 4 aromatic heterocycles. The molecule has 0 spiro atoms. The predicted molar refractivity (Wildman–Crippen MR) is 148 cm³/mol. The number of ether oxygens (including phenoxy) is 3. The van der Waals surface area contributed by atoms with Crippen LogP contribution < -0.4 is 17.0 Å². The van der Waals surface area contributed by atoms with Crippen molar-refractivity contribution in [2.24, 2.45) is 0 Å². The summed E-state index contributed by atoms with van der Waals surface area (Å²) in [5.41, 5.74) is 10.7. The van der Waals surface area contributed by atoms with E-state index in [2.05, 4.69) is 29.9 Å². The molecule has 2 fully saturated rings. The van der Waals surface area contributed by atoms with Crippen LogP contribution >= 0.6 is 15.9 Å². The first-order valence-electron chi connectivity index (χ1n) is 13.2. The first-order chi connectivity index (χ1) is 21.9. The molecule has 9 N–H and O–H groups in total. The highest BCUT2D eigenvalue weighted by atomic mass is 31.2. The summed E-state index contributed by atoms with van der Waals surface area (Å²) in [4.78, 5) is 54.2. The Bertz CT molecular complexity index is 1880. The molecule has 2 aliphatic heterocycles. The van der Waals surface area contributed by atoms with E-state index in [1.165, 1.54) is 10.9 Å². The molecule has 10 atom stereocenters. The Hall–Kier alpha value is -3.60. The van der Waals surface area contributed by atoms with Crippen LogP contribution in [0, 0.1) is 0 Å². The van der Waals surface area contributed by atoms with Crippen molar-refractivity contribution in [2.75, 3.05) is 31.0 Å². The number of phosphoric ester groups is 1. The van der Waals surface area contributed by atoms with Gasteiger partial charge in [0, 0.05) is 0 Å². The number of H-pyrrole nitrogens is 1. The number of alkyl halides is 1. The number of imidazole rings is 2. The van der Waals surface area contributed by atoms with Crippen molar-refractivity contribution in [2.45, 2.75) is 49.1 Å². The number of nitrogens with one attached hydrogen (secondary N) is 1. The minimum atomic E-state index is -5.19. The van der Waals surface area contributed by atoms with Gasteiger partial charge in [-0.05, 0) is 4.57 Å². The summed E-state index contributed by atoms with van der Waals surface area (Å²) in [6.07, 6.45) is -10.2. The molecule has 0 radical (unpaired) electrons. The molecule has 0 aliphatic carbocycles. The van der Waals surface area contributed by atoms with Crippen LogP contribution in [0.5, 0.6) is 0 Å². The topological polar surface area (TPSA) is 320 Å². The number of nitrogens with zero attached hydrogens (tertiary/aromatic N) is 7. The Labute approximate surface area is 255 Å². The molecule has 46 heavy (non-hydrogen) atoms. The van der Waals surface area contributed by atoms with Gasteiger partial charge in [0.2, 0.25) is 5.95 Å². The van der Waals surface area contributed by atoms with E-state index in [9.17, 15) is 33.9 Å². The summed E-state index contributed by atoms with van der Waals surface area (Å²) in [5.74, 6) is -0.275. The number of aromatic nitrogens is 8. The average molecular weight is 691 g/mol. The van der Waals surface area contributed by atoms with Gasteiger partial charge in [0.05, 0.1) is 25.9 Å². The van der Waals surface area contributed by atoms with Crippen LogP contribution in [0.4, 0.5) is 16.2 Å². The highest BCUT2D eigenvalue weighted by molar-refractivity contribution is 7.47. The largest absolute Gasteiger partial charge is 0.534 e. The maximum atomic E-state index is 15.7. The molecule has 2 unspecified atom stereocenters. The first kappa shape index (κ1) is 32.3. The second-order valence-corrected chi connectivity index (χ2v) is 12.4. The third kappa shape index (κ3) is 5.98. The minimum Gasteiger partial charge on any atom is -0.394 e. The Balaban J connectivity index is 1.22. The first-order valence-corrected chi connectivity index (χ1v) is 16.1. The summed E-state index contributed by atoms with van der Waals surface area (Å²) in [5, 5.41) is 20.5. The van der Waals surface area contributed by atoms with Gasteiger partial charge in [-0.15, -0.1) is 0 Å². The molecular formula is C21H26FN10O12P2+. The molecule has 22 nitrogen and oxygen atoms in total. The fourth-order valence-electron chi connectivity index (χ4n) is 5.15. The van der Waals surface area contributed by atoms with E-state index in [-0.39, 0.29) is 34.1 Å². The fourth-order valence-corrected chi connectivity index (χ4v) is 6.38. The van der Waals surface area contributed by atoms with Gasteiger partial charge in [0.15, 0.2) is 41.3 Å². The monoisotopic (exact) mass is 691 g/mol. The van der Waals surface area contributed by atoms with Gasteiger partial charge < -0.3 is 40.8 Å². The number of halogens is 1. The molecule has 0 amide bonds. The van der Waals surface area contributed by atoms with Crippen molar-refractivity contribution in [3.8, 4) is 0 Å². The van der Waals surface area contributed by atoms with Gasteiger partial charge in [-0.25, -0.2) is 28.9 Å². The van der Waals surface area contributed by atoms with Crippen molar-refractivity contribution in [1.29, 1.82) is 0 Å². The van der Waals surface area contributed by atoms with Gasteiger partial charge in [-0.3, -0.25) is 28.0 Å². The number of aliphatic hydroxyl groups is 2. The third-order valence-corrected chi connectivity index (χ3v) is 8.54. The van der Waals surface area contributed by atoms with Gasteiger partial charge >= 0.3 is 15.9 Å². The number of rotatable bonds is 11. The number of hydrogen-bond donors (Lipinski definition) is 7. The lowest BCUT2D eigenvalue weighted by Crippen LogP contribution is -2.36. The van der Waals surface area contributed by atoms with Gasteiger partial charge in [0.1, 0.15) is 42.4 Å². The summed E-state index contributed by atoms with van der Waals surface area (Å²) in [6, 6.07) is 0. The van der Waals surface area contributed by atoms with E-state index in [0.717, 1.165) is 17.2 Å². The Morgan fingerprint density at radius 2 is 1.76 bits per heavy atom. The van der Waals surface area contributed by atoms with Gasteiger partial charge in [-0.1, -0.05) is 0 Å². The number of phosphoric acid groups is 1. The summed E-state index contributed by atoms with van der Waals surface area (Å²) >= 11 is 0. The number of fused-ring (bicyclic) bond motifs is 2. The van der Waals surface area contributed by atoms with E-state index in [4.69, 9.17) is 34.7 Å². The van der Waals surface area contributed by atoms with E-state index in [1.807, 2.05) is 0 Å². The van der Waals surface area contributed by atoms with Crippen molar-refractivity contribution in [3.05, 3.63) is 29.3 Å². The molecule has 248 valence electrons. The number of aromatic amines is 1. The van der Waals surface area contributed by atoms with E-state index >= 15 is 4.39 Å². The third-order valence-electron chi connectivity index (χ3n) is 7.18. The van der Waals surface area contributed by atoms with Crippen molar-refractivity contribution < 1.29 is 56.8 Å². The SMILES string of the molecule is Nc1nc2c(ncn2[C@@H]2O[C@H](CO)[C@H](O)[C@@H]2OP(=O)(O)OC[C@H]2O[C@@H](n3cnc4c(N)ncnc43)[C@@H](F)[C@H]2OC[P+](=O)O)c(=O)[nH]1. The molecule has 6 rings (SSSR count). The zero-order chi connectivity index (χ0) is 32.9. The van der Waals surface area contributed by atoms with Gasteiger partial charge in [0.25, 0.3) is 11.9 Å². The molecule has 0 bridgehead atoms. The number of anilines is 2. The van der Waals surface area contributed by atoms with E-state index in [0.29, 0.717) is 0 Å². The van der Waals surface area contributed by atoms with Gasteiger partial charge in [-0.2, -0.15) is 9.88 Å². The Morgan fingerprint density at radius 3 is 2.48 bits per heavy atom. The molecule has 2 saturated heterocycles. The molecule has 25 heteroatoms. The van der Waals surface area contributed by atoms with E-state index in [1.54, 1.807) is 0 Å². The quantitative estimate of drug-likeness (QED) is 0.0852. The lowest BCUT2D eigenvalue weighted by Gasteiger charge is -2.25. The maximum absolute atomic E-state index is 15.7. The van der Waals surface area contributed by atoms with E-state index < -0.39 is 90.1 Å². The average Bonchev–Trinajstić information content (AvgIpc) is 3.76. The number of hydrogen-bond acceptors (Lipinski definition) is 17. The van der Waals surface area contributed by atoms with Crippen molar-refractivity contribution in [1.82, 2.24) is 39.0 Å². The normalized spacial score (nSPS) is 29.9. The molecule has 0 saturated carbocycles. The zero-order valence-corrected chi connectivity index (χ0v) is 24.9. The summed E-state index contributed by atoms with van der Waals surface area (Å²) < 4.78 is 69.5. The van der Waals surface area contributed by atoms with Crippen LogP contribution in [-0.2, 0) is 32.4 Å². The maximum Gasteiger partial charge on any atom is 0.534 e. The van der Waals surface area contributed by atoms with Crippen LogP contribution in [0.2, 0.25) is 0 Å². The Kier molecular flexibility index (Phi) is 8.82. The summed E-state index contributed by atoms with van der Waals surface area (Å²) in [6.45, 7) is -1.60. The Morgan fingerprint density at radius 1 is 1.07 bits per heavy atom. The predicted octanol–water partition coefficient (Wildman–Crippen LogP) is -1.81. The zero-order valence-electron chi connectivity index (χ0n) is 23.1.